The van der Waals surface area contributed by atoms with Crippen molar-refractivity contribution in [3.8, 4) is 34.5 Å². The van der Waals surface area contributed by atoms with Gasteiger partial charge in [0.05, 0.1) is 24.3 Å². The summed E-state index contributed by atoms with van der Waals surface area (Å²) in [7, 11) is 0. The number of hydrogen-bond acceptors (Lipinski definition) is 14. The summed E-state index contributed by atoms with van der Waals surface area (Å²) in [6, 6.07) is 32.4. The van der Waals surface area contributed by atoms with Gasteiger partial charge in [-0.3, -0.25) is 0 Å². The molecule has 1 aliphatic heterocycles. The van der Waals surface area contributed by atoms with E-state index in [2.05, 4.69) is 6.58 Å². The van der Waals surface area contributed by atoms with Crippen LogP contribution < -0.4 is 9.47 Å². The van der Waals surface area contributed by atoms with Gasteiger partial charge in [-0.2, -0.15) is 0 Å². The van der Waals surface area contributed by atoms with Crippen molar-refractivity contribution in [2.45, 2.75) is 56.6 Å². The second-order valence-electron chi connectivity index (χ2n) is 13.6. The molecule has 1 heterocycles. The Morgan fingerprint density at radius 2 is 1.12 bits per heavy atom. The molecule has 0 spiro atoms. The Morgan fingerprint density at radius 1 is 0.650 bits per heavy atom. The second kappa shape index (κ2) is 21.2. The fourth-order valence-electron chi connectivity index (χ4n) is 6.39. The van der Waals surface area contributed by atoms with Gasteiger partial charge in [0.1, 0.15) is 43.6 Å². The van der Waals surface area contributed by atoms with Crippen LogP contribution in [0.3, 0.4) is 0 Å². The molecule has 5 atom stereocenters. The third-order valence-electron chi connectivity index (χ3n) is 9.26. The van der Waals surface area contributed by atoms with Gasteiger partial charge in [0, 0.05) is 0 Å². The number of benzene rings is 5. The molecule has 4 N–H and O–H groups in total. The first-order chi connectivity index (χ1) is 29.1. The van der Waals surface area contributed by atoms with Gasteiger partial charge in [-0.05, 0) is 46.7 Å². The van der Waals surface area contributed by atoms with Gasteiger partial charge in [-0.25, -0.2) is 9.59 Å². The van der Waals surface area contributed by atoms with Crippen LogP contribution >= 0.6 is 11.8 Å². The van der Waals surface area contributed by atoms with Crippen LogP contribution in [0.2, 0.25) is 0 Å². The summed E-state index contributed by atoms with van der Waals surface area (Å²) in [6.45, 7) is 5.28. The standard InChI is InChI=1S/C46H46O13S/c1-3-20-53-39-34(47)21-32(22-35(39)48)44(51)57-28-38-41(59-45(52)33-23-36(49)40(37(50)24-33)54-25-29-14-8-5-9-15-29)42(55-26-30-16-10-6-11-17-30)43(46(58-38)60-4-2)56-27-31-18-12-7-13-19-31/h3,5-19,21-24,38,41-43,46-50H,1,4,20,25-28H2,2H3/t38-,41-,42+,43-,46+/m1/s1. The molecule has 5 aromatic carbocycles. The van der Waals surface area contributed by atoms with Gasteiger partial charge < -0.3 is 53.6 Å². The lowest BCUT2D eigenvalue weighted by molar-refractivity contribution is -0.237. The van der Waals surface area contributed by atoms with Crippen LogP contribution in [0, 0.1) is 0 Å². The topological polar surface area (TPSA) is 180 Å². The van der Waals surface area contributed by atoms with Crippen molar-refractivity contribution < 1.29 is 63.2 Å². The molecule has 14 heteroatoms. The summed E-state index contributed by atoms with van der Waals surface area (Å²) in [5.74, 6) is -3.78. The van der Waals surface area contributed by atoms with Gasteiger partial charge in [-0.15, -0.1) is 11.8 Å². The first-order valence-electron chi connectivity index (χ1n) is 19.1. The number of hydrogen-bond donors (Lipinski definition) is 4. The fourth-order valence-corrected chi connectivity index (χ4v) is 7.36. The minimum Gasteiger partial charge on any atom is -0.504 e. The summed E-state index contributed by atoms with van der Waals surface area (Å²) in [5, 5.41) is 42.9. The van der Waals surface area contributed by atoms with Crippen LogP contribution in [0.25, 0.3) is 0 Å². The lowest BCUT2D eigenvalue weighted by Crippen LogP contribution is -2.61. The van der Waals surface area contributed by atoms with E-state index >= 15 is 0 Å². The van der Waals surface area contributed by atoms with Gasteiger partial charge >= 0.3 is 11.9 Å². The molecule has 0 amide bonds. The smallest absolute Gasteiger partial charge is 0.338 e. The molecule has 0 unspecified atom stereocenters. The first kappa shape index (κ1) is 43.4. The van der Waals surface area contributed by atoms with Crippen molar-refractivity contribution in [1.29, 1.82) is 0 Å². The molecule has 1 saturated heterocycles. The molecule has 1 fully saturated rings. The van der Waals surface area contributed by atoms with Crippen molar-refractivity contribution in [3.63, 3.8) is 0 Å². The summed E-state index contributed by atoms with van der Waals surface area (Å²) in [4.78, 5) is 27.5. The van der Waals surface area contributed by atoms with Crippen molar-refractivity contribution in [2.75, 3.05) is 19.0 Å². The van der Waals surface area contributed by atoms with E-state index in [0.29, 0.717) is 5.75 Å². The van der Waals surface area contributed by atoms with E-state index < -0.39 is 71.4 Å². The Balaban J connectivity index is 1.31. The zero-order valence-corrected chi connectivity index (χ0v) is 33.6. The van der Waals surface area contributed by atoms with Crippen LogP contribution in [-0.2, 0) is 43.5 Å². The number of aromatic hydroxyl groups is 4. The lowest BCUT2D eigenvalue weighted by atomic mass is 9.98. The normalized spacial score (nSPS) is 18.6. The number of phenols is 4. The maximum absolute atomic E-state index is 14.1. The number of phenolic OH excluding ortho intramolecular Hbond substituents is 4. The highest BCUT2D eigenvalue weighted by Gasteiger charge is 2.50. The molecule has 0 bridgehead atoms. The summed E-state index contributed by atoms with van der Waals surface area (Å²) in [5.41, 5.74) is 1.36. The van der Waals surface area contributed by atoms with E-state index in [4.69, 9.17) is 33.2 Å². The molecular formula is C46H46O13S. The number of carbonyl (C=O) groups excluding carboxylic acids is 2. The molecule has 0 aliphatic carbocycles. The second-order valence-corrected chi connectivity index (χ2v) is 14.9. The largest absolute Gasteiger partial charge is 0.504 e. The maximum Gasteiger partial charge on any atom is 0.338 e. The Bertz CT molecular complexity index is 2140. The third kappa shape index (κ3) is 11.3. The average Bonchev–Trinajstić information content (AvgIpc) is 3.25. The van der Waals surface area contributed by atoms with Crippen LogP contribution in [0.5, 0.6) is 34.5 Å². The Hall–Kier alpha value is -6.19. The molecule has 0 radical (unpaired) electrons. The molecule has 0 aromatic heterocycles. The average molecular weight is 839 g/mol. The van der Waals surface area contributed by atoms with Gasteiger partial charge in [0.25, 0.3) is 0 Å². The summed E-state index contributed by atoms with van der Waals surface area (Å²) >= 11 is 1.42. The van der Waals surface area contributed by atoms with Gasteiger partial charge in [0.2, 0.25) is 11.5 Å². The highest BCUT2D eigenvalue weighted by atomic mass is 32.2. The molecule has 0 saturated carbocycles. The molecule has 6 rings (SSSR count). The first-order valence-corrected chi connectivity index (χ1v) is 20.2. The van der Waals surface area contributed by atoms with Crippen molar-refractivity contribution >= 4 is 23.7 Å². The van der Waals surface area contributed by atoms with Crippen molar-refractivity contribution in [3.05, 3.63) is 156 Å². The van der Waals surface area contributed by atoms with E-state index in [0.717, 1.165) is 41.0 Å². The molecule has 60 heavy (non-hydrogen) atoms. The predicted molar refractivity (Wildman–Crippen MR) is 222 cm³/mol. The fraction of sp³-hybridized carbons (Fsp3) is 0.261. The number of carbonyl (C=O) groups is 2. The minimum atomic E-state index is -1.31. The maximum atomic E-state index is 14.1. The number of ether oxygens (including phenoxy) is 7. The monoisotopic (exact) mass is 838 g/mol. The van der Waals surface area contributed by atoms with Gasteiger partial charge in [-0.1, -0.05) is 111 Å². The van der Waals surface area contributed by atoms with Crippen LogP contribution in [0.1, 0.15) is 44.3 Å². The van der Waals surface area contributed by atoms with Crippen LogP contribution in [-0.4, -0.2) is 81.2 Å². The summed E-state index contributed by atoms with van der Waals surface area (Å²) < 4.78 is 42.5. The SMILES string of the molecule is C=CCOc1c(O)cc(C(=O)OC[C@H]2O[C@@H](SCC)[C@H](OCc3ccccc3)[C@@H](OCc3ccccc3)[C@@H]2OC(=O)c2cc(O)c(OCc3ccccc3)c(O)c2)cc1O. The Labute approximate surface area is 351 Å². The highest BCUT2D eigenvalue weighted by molar-refractivity contribution is 7.99. The molecule has 314 valence electrons. The van der Waals surface area contributed by atoms with Crippen molar-refractivity contribution in [1.82, 2.24) is 0 Å². The summed E-state index contributed by atoms with van der Waals surface area (Å²) in [6.07, 6.45) is -2.90. The van der Waals surface area contributed by atoms with E-state index in [1.54, 1.807) is 0 Å². The molecule has 13 nitrogen and oxygen atoms in total. The Morgan fingerprint density at radius 3 is 1.62 bits per heavy atom. The van der Waals surface area contributed by atoms with Crippen LogP contribution in [0.15, 0.2) is 128 Å². The lowest BCUT2D eigenvalue weighted by Gasteiger charge is -2.45. The quantitative estimate of drug-likeness (QED) is 0.0470. The molecule has 1 aliphatic rings. The van der Waals surface area contributed by atoms with E-state index in [-0.39, 0.29) is 49.1 Å². The third-order valence-corrected chi connectivity index (χ3v) is 10.3. The predicted octanol–water partition coefficient (Wildman–Crippen LogP) is 7.68. The minimum absolute atomic E-state index is 0.00401. The number of esters is 2. The van der Waals surface area contributed by atoms with Gasteiger partial charge in [0.15, 0.2) is 29.1 Å². The van der Waals surface area contributed by atoms with Crippen molar-refractivity contribution in [2.24, 2.45) is 0 Å². The number of rotatable bonds is 19. The highest BCUT2D eigenvalue weighted by Crippen LogP contribution is 2.40. The molecule has 5 aromatic rings. The van der Waals surface area contributed by atoms with E-state index in [9.17, 15) is 30.0 Å². The zero-order valence-electron chi connectivity index (χ0n) is 32.8. The Kier molecular flexibility index (Phi) is 15.3. The molecular weight excluding hydrogens is 793 g/mol. The van der Waals surface area contributed by atoms with Crippen LogP contribution in [0.4, 0.5) is 0 Å². The van der Waals surface area contributed by atoms with E-state index in [1.165, 1.54) is 17.8 Å². The van der Waals surface area contributed by atoms with E-state index in [1.807, 2.05) is 97.9 Å². The number of thioether (sulfide) groups is 1. The zero-order chi connectivity index (χ0) is 42.4.